The third-order valence-corrected chi connectivity index (χ3v) is 20.7. The van der Waals surface area contributed by atoms with Crippen molar-refractivity contribution in [3.05, 3.63) is 0 Å². The van der Waals surface area contributed by atoms with Gasteiger partial charge >= 0.3 is 39.5 Å². The number of rotatable bonds is 78. The molecule has 582 valence electrons. The zero-order valence-corrected chi connectivity index (χ0v) is 65.9. The first-order chi connectivity index (χ1) is 47.4. The summed E-state index contributed by atoms with van der Waals surface area (Å²) in [6, 6.07) is 0. The highest BCUT2D eigenvalue weighted by molar-refractivity contribution is 7.47. The van der Waals surface area contributed by atoms with Gasteiger partial charge in [-0.25, -0.2) is 9.13 Å². The predicted molar refractivity (Wildman–Crippen MR) is 400 cm³/mol. The van der Waals surface area contributed by atoms with E-state index in [0.29, 0.717) is 25.7 Å². The Morgan fingerprint density at radius 2 is 0.520 bits per heavy atom. The molecule has 0 radical (unpaired) electrons. The van der Waals surface area contributed by atoms with Gasteiger partial charge in [0.1, 0.15) is 19.3 Å². The van der Waals surface area contributed by atoms with Crippen LogP contribution in [0.15, 0.2) is 0 Å². The van der Waals surface area contributed by atoms with E-state index in [9.17, 15) is 43.2 Å². The van der Waals surface area contributed by atoms with Crippen molar-refractivity contribution in [1.82, 2.24) is 0 Å². The molecule has 0 rings (SSSR count). The molecule has 0 bridgehead atoms. The zero-order chi connectivity index (χ0) is 72.1. The third kappa shape index (κ3) is 71.1. The number of unbranched alkanes of at least 4 members (excludes halogenated alkanes) is 47. The predicted octanol–water partition coefficient (Wildman–Crippen LogP) is 23.5. The number of ether oxygens (including phenoxy) is 4. The van der Waals surface area contributed by atoms with Gasteiger partial charge in [-0.2, -0.15) is 0 Å². The number of hydrogen-bond acceptors (Lipinski definition) is 15. The van der Waals surface area contributed by atoms with E-state index in [2.05, 4.69) is 41.5 Å². The van der Waals surface area contributed by atoms with E-state index in [1.807, 2.05) is 0 Å². The maximum atomic E-state index is 13.1. The average Bonchev–Trinajstić information content (AvgIpc) is 1.10. The highest BCUT2D eigenvalue weighted by atomic mass is 31.2. The topological polar surface area (TPSA) is 237 Å². The van der Waals surface area contributed by atoms with E-state index in [4.69, 9.17) is 37.0 Å². The molecule has 0 aromatic rings. The molecule has 3 N–H and O–H groups in total. The Morgan fingerprint density at radius 3 is 0.776 bits per heavy atom. The van der Waals surface area contributed by atoms with E-state index >= 15 is 0 Å². The van der Waals surface area contributed by atoms with Gasteiger partial charge in [-0.3, -0.25) is 37.3 Å². The fourth-order valence-electron chi connectivity index (χ4n) is 12.2. The van der Waals surface area contributed by atoms with Crippen LogP contribution in [0.4, 0.5) is 0 Å². The molecule has 0 aliphatic carbocycles. The van der Waals surface area contributed by atoms with Crippen molar-refractivity contribution in [3.8, 4) is 0 Å². The van der Waals surface area contributed by atoms with Gasteiger partial charge < -0.3 is 33.8 Å². The largest absolute Gasteiger partial charge is 0.472 e. The van der Waals surface area contributed by atoms with Gasteiger partial charge in [0.15, 0.2) is 12.2 Å². The Balaban J connectivity index is 5.20. The van der Waals surface area contributed by atoms with Crippen molar-refractivity contribution >= 4 is 39.5 Å². The van der Waals surface area contributed by atoms with Crippen LogP contribution in [0.25, 0.3) is 0 Å². The fraction of sp³-hybridized carbons (Fsp3) is 0.949. The normalized spacial score (nSPS) is 14.2. The van der Waals surface area contributed by atoms with Crippen LogP contribution in [0, 0.1) is 11.8 Å². The molecule has 0 aliphatic heterocycles. The van der Waals surface area contributed by atoms with Crippen LogP contribution in [-0.4, -0.2) is 96.7 Å². The first kappa shape index (κ1) is 96.1. The van der Waals surface area contributed by atoms with Gasteiger partial charge in [-0.05, 0) is 37.5 Å². The molecule has 0 aromatic heterocycles. The Hall–Kier alpha value is -1.94. The third-order valence-electron chi connectivity index (χ3n) is 18.8. The van der Waals surface area contributed by atoms with Crippen molar-refractivity contribution in [2.75, 3.05) is 39.6 Å². The second-order valence-electron chi connectivity index (χ2n) is 29.2. The maximum Gasteiger partial charge on any atom is 0.472 e. The van der Waals surface area contributed by atoms with E-state index in [-0.39, 0.29) is 25.7 Å². The maximum absolute atomic E-state index is 13.1. The molecule has 17 nitrogen and oxygen atoms in total. The molecule has 0 aliphatic rings. The van der Waals surface area contributed by atoms with Crippen LogP contribution in [0.2, 0.25) is 0 Å². The quantitative estimate of drug-likeness (QED) is 0.0222. The molecule has 0 saturated carbocycles. The van der Waals surface area contributed by atoms with Crippen molar-refractivity contribution in [3.63, 3.8) is 0 Å². The van der Waals surface area contributed by atoms with Crippen LogP contribution < -0.4 is 0 Å². The standard InChI is InChI=1S/C79H154O17P2/c1-7-10-12-14-16-18-20-21-22-23-24-25-26-27-28-29-30-31-39-45-51-57-63-78(83)95-74(68-90-77(82)62-56-50-44-38-33-32-36-42-48-54-60-72(6)9-3)69-93-97(85,86)91-65-73(80)66-92-98(87,88)94-70-75(67-89-76(81)61-55-49-43-37-19-17-15-13-11-8-2)96-79(84)64-58-52-46-40-34-35-41-47-53-59-71(4)5/h71-75,80H,7-70H2,1-6H3,(H,85,86)(H,87,88)/t72?,73-,74-,75-/m1/s1. The van der Waals surface area contributed by atoms with Crippen LogP contribution in [-0.2, 0) is 65.4 Å². The number of aliphatic hydroxyl groups excluding tert-OH is 1. The molecule has 3 unspecified atom stereocenters. The number of carbonyl (C=O) groups is 4. The molecule has 6 atom stereocenters. The summed E-state index contributed by atoms with van der Waals surface area (Å²) in [4.78, 5) is 72.9. The number of phosphoric acid groups is 2. The molecule has 19 heteroatoms. The van der Waals surface area contributed by atoms with Crippen molar-refractivity contribution in [2.24, 2.45) is 11.8 Å². The van der Waals surface area contributed by atoms with Gasteiger partial charge in [0.25, 0.3) is 0 Å². The Morgan fingerprint density at radius 1 is 0.296 bits per heavy atom. The fourth-order valence-corrected chi connectivity index (χ4v) is 13.7. The lowest BCUT2D eigenvalue weighted by atomic mass is 9.99. The first-order valence-corrected chi connectivity index (χ1v) is 44.0. The molecule has 98 heavy (non-hydrogen) atoms. The highest BCUT2D eigenvalue weighted by Gasteiger charge is 2.30. The lowest BCUT2D eigenvalue weighted by Crippen LogP contribution is -2.30. The molecular weight excluding hydrogens is 1280 g/mol. The molecule has 0 amide bonds. The minimum absolute atomic E-state index is 0.106. The molecule has 0 heterocycles. The number of phosphoric ester groups is 2. The van der Waals surface area contributed by atoms with Gasteiger partial charge in [-0.15, -0.1) is 0 Å². The van der Waals surface area contributed by atoms with Crippen molar-refractivity contribution in [2.45, 2.75) is 432 Å². The van der Waals surface area contributed by atoms with Crippen molar-refractivity contribution < 1.29 is 80.2 Å². The van der Waals surface area contributed by atoms with Crippen molar-refractivity contribution in [1.29, 1.82) is 0 Å². The summed E-state index contributed by atoms with van der Waals surface area (Å²) in [5.41, 5.74) is 0. The summed E-state index contributed by atoms with van der Waals surface area (Å²) in [6.45, 7) is 9.61. The van der Waals surface area contributed by atoms with E-state index in [1.165, 1.54) is 231 Å². The van der Waals surface area contributed by atoms with Crippen LogP contribution >= 0.6 is 15.6 Å². The second kappa shape index (κ2) is 70.7. The molecule has 0 fully saturated rings. The number of carbonyl (C=O) groups excluding carboxylic acids is 4. The number of aliphatic hydroxyl groups is 1. The molecule has 0 spiro atoms. The summed E-state index contributed by atoms with van der Waals surface area (Å²) in [6.07, 6.45) is 59.7. The monoisotopic (exact) mass is 1440 g/mol. The van der Waals surface area contributed by atoms with Gasteiger partial charge in [0.05, 0.1) is 26.4 Å². The lowest BCUT2D eigenvalue weighted by Gasteiger charge is -2.21. The van der Waals surface area contributed by atoms with Crippen LogP contribution in [0.5, 0.6) is 0 Å². The highest BCUT2D eigenvalue weighted by Crippen LogP contribution is 2.45. The van der Waals surface area contributed by atoms with Crippen LogP contribution in [0.3, 0.4) is 0 Å². The SMILES string of the molecule is CCCCCCCCCCCCCCCCCCCCCCCCC(=O)O[C@H](COC(=O)CCCCCCCCCCCCC(C)CC)COP(=O)(O)OC[C@@H](O)COP(=O)(O)OC[C@@H](COC(=O)CCCCCCCCCCCC)OC(=O)CCCCCCCCCCCC(C)C. The summed E-state index contributed by atoms with van der Waals surface area (Å²) < 4.78 is 68.6. The summed E-state index contributed by atoms with van der Waals surface area (Å²) in [7, 11) is -9.91. The molecule has 0 saturated heterocycles. The lowest BCUT2D eigenvalue weighted by molar-refractivity contribution is -0.161. The Kier molecular flexibility index (Phi) is 69.3. The number of esters is 4. The first-order valence-electron chi connectivity index (χ1n) is 41.0. The molecule has 0 aromatic carbocycles. The average molecular weight is 1440 g/mol. The summed E-state index contributed by atoms with van der Waals surface area (Å²) in [5.74, 6) is -0.568. The van der Waals surface area contributed by atoms with Gasteiger partial charge in [0.2, 0.25) is 0 Å². The summed E-state index contributed by atoms with van der Waals surface area (Å²) in [5, 5.41) is 10.6. The van der Waals surface area contributed by atoms with Gasteiger partial charge in [-0.1, -0.05) is 363 Å². The van der Waals surface area contributed by atoms with E-state index < -0.39 is 97.5 Å². The van der Waals surface area contributed by atoms with E-state index in [0.717, 1.165) is 102 Å². The second-order valence-corrected chi connectivity index (χ2v) is 32.1. The smallest absolute Gasteiger partial charge is 0.462 e. The summed E-state index contributed by atoms with van der Waals surface area (Å²) >= 11 is 0. The Bertz CT molecular complexity index is 1890. The van der Waals surface area contributed by atoms with E-state index in [1.54, 1.807) is 0 Å². The van der Waals surface area contributed by atoms with Crippen LogP contribution in [0.1, 0.15) is 414 Å². The molecular formula is C79H154O17P2. The number of hydrogen-bond donors (Lipinski definition) is 3. The van der Waals surface area contributed by atoms with Gasteiger partial charge in [0, 0.05) is 25.7 Å². The minimum atomic E-state index is -4.96. The minimum Gasteiger partial charge on any atom is -0.462 e. The Labute approximate surface area is 600 Å². The zero-order valence-electron chi connectivity index (χ0n) is 64.1.